The normalized spacial score (nSPS) is 10.3. The average molecular weight is 322 g/mol. The smallest absolute Gasteiger partial charge is 0.338 e. The summed E-state index contributed by atoms with van der Waals surface area (Å²) in [6.07, 6.45) is 0.0205. The van der Waals surface area contributed by atoms with Gasteiger partial charge in [-0.05, 0) is 38.8 Å². The number of hydrogen-bond donors (Lipinski definition) is 0. The van der Waals surface area contributed by atoms with E-state index in [1.54, 1.807) is 45.0 Å². The molecule has 0 aliphatic carbocycles. The van der Waals surface area contributed by atoms with Crippen molar-refractivity contribution < 1.29 is 28.6 Å². The van der Waals surface area contributed by atoms with Crippen molar-refractivity contribution in [3.8, 4) is 0 Å². The topological polar surface area (TPSA) is 78.9 Å². The first-order valence-electron chi connectivity index (χ1n) is 7.63. The van der Waals surface area contributed by atoms with E-state index >= 15 is 0 Å². The summed E-state index contributed by atoms with van der Waals surface area (Å²) in [5.74, 6) is -2.92. The highest BCUT2D eigenvalue weighted by molar-refractivity contribution is 5.96. The third-order valence-electron chi connectivity index (χ3n) is 3.08. The number of carbonyl (C=O) groups is 3. The van der Waals surface area contributed by atoms with Crippen LogP contribution in [0.25, 0.3) is 0 Å². The molecule has 0 fully saturated rings. The van der Waals surface area contributed by atoms with Gasteiger partial charge in [0.2, 0.25) is 0 Å². The van der Waals surface area contributed by atoms with Crippen LogP contribution in [0.1, 0.15) is 36.7 Å². The van der Waals surface area contributed by atoms with E-state index in [-0.39, 0.29) is 26.2 Å². The van der Waals surface area contributed by atoms with Gasteiger partial charge < -0.3 is 14.2 Å². The quantitative estimate of drug-likeness (QED) is 0.414. The van der Waals surface area contributed by atoms with Crippen molar-refractivity contribution in [1.82, 2.24) is 0 Å². The molecule has 0 N–H and O–H groups in total. The van der Waals surface area contributed by atoms with Gasteiger partial charge in [-0.25, -0.2) is 4.79 Å². The van der Waals surface area contributed by atoms with Crippen LogP contribution in [0.2, 0.25) is 0 Å². The lowest BCUT2D eigenvalue weighted by atomic mass is 9.95. The van der Waals surface area contributed by atoms with Crippen LogP contribution >= 0.6 is 0 Å². The summed E-state index contributed by atoms with van der Waals surface area (Å²) in [5.41, 5.74) is 0.866. The molecule has 0 atom stereocenters. The predicted molar refractivity (Wildman–Crippen MR) is 82.9 cm³/mol. The van der Waals surface area contributed by atoms with E-state index in [1.165, 1.54) is 0 Å². The molecule has 1 aromatic carbocycles. The van der Waals surface area contributed by atoms with E-state index in [0.29, 0.717) is 11.1 Å². The summed E-state index contributed by atoms with van der Waals surface area (Å²) in [6.45, 7) is 5.59. The number of carbonyl (C=O) groups excluding carboxylic acids is 3. The fraction of sp³-hybridized carbons (Fsp3) is 0.471. The maximum atomic E-state index is 12.0. The minimum absolute atomic E-state index is 0.0205. The van der Waals surface area contributed by atoms with Gasteiger partial charge >= 0.3 is 17.9 Å². The van der Waals surface area contributed by atoms with Gasteiger partial charge in [0.05, 0.1) is 25.4 Å². The molecule has 0 unspecified atom stereocenters. The van der Waals surface area contributed by atoms with E-state index in [4.69, 9.17) is 14.2 Å². The molecule has 0 bridgehead atoms. The molecule has 0 saturated carbocycles. The number of rotatable bonds is 8. The lowest BCUT2D eigenvalue weighted by Crippen LogP contribution is -2.30. The predicted octanol–water partition coefficient (Wildman–Crippen LogP) is 2.15. The average Bonchev–Trinajstić information content (AvgIpc) is 2.53. The second-order valence-corrected chi connectivity index (χ2v) is 4.64. The van der Waals surface area contributed by atoms with Gasteiger partial charge in [-0.1, -0.05) is 18.2 Å². The Labute approximate surface area is 135 Å². The van der Waals surface area contributed by atoms with Gasteiger partial charge in [-0.15, -0.1) is 0 Å². The first-order chi connectivity index (χ1) is 11.0. The number of ether oxygens (including phenoxy) is 3. The molecule has 0 heterocycles. The van der Waals surface area contributed by atoms with Gasteiger partial charge in [0, 0.05) is 0 Å². The zero-order chi connectivity index (χ0) is 17.2. The Morgan fingerprint density at radius 3 is 1.91 bits per heavy atom. The Kier molecular flexibility index (Phi) is 7.80. The maximum Gasteiger partial charge on any atom is 0.338 e. The molecule has 0 amide bonds. The highest BCUT2D eigenvalue weighted by atomic mass is 16.6. The Morgan fingerprint density at radius 1 is 0.870 bits per heavy atom. The van der Waals surface area contributed by atoms with Crippen LogP contribution in [0.4, 0.5) is 0 Å². The van der Waals surface area contributed by atoms with Crippen molar-refractivity contribution in [2.75, 3.05) is 19.8 Å². The summed E-state index contributed by atoms with van der Waals surface area (Å²) in [5, 5.41) is 0. The highest BCUT2D eigenvalue weighted by Gasteiger charge is 2.31. The minimum atomic E-state index is -1.11. The summed E-state index contributed by atoms with van der Waals surface area (Å²) in [7, 11) is 0. The van der Waals surface area contributed by atoms with E-state index in [1.807, 2.05) is 0 Å². The third kappa shape index (κ3) is 5.39. The van der Waals surface area contributed by atoms with E-state index in [9.17, 15) is 14.4 Å². The molecule has 1 aromatic rings. The molecular formula is C17H22O6. The summed E-state index contributed by atoms with van der Waals surface area (Å²) >= 11 is 0. The standard InChI is InChI=1S/C17H22O6/c1-4-21-15(18)13-10-8-7-9-12(13)11-14(16(19)22-5-2)17(20)23-6-3/h7-10,14H,4-6,11H2,1-3H3. The largest absolute Gasteiger partial charge is 0.465 e. The molecule has 126 valence electrons. The van der Waals surface area contributed by atoms with Crippen LogP contribution in [0.3, 0.4) is 0 Å². The summed E-state index contributed by atoms with van der Waals surface area (Å²) in [4.78, 5) is 36.0. The van der Waals surface area contributed by atoms with Gasteiger partial charge in [-0.2, -0.15) is 0 Å². The number of benzene rings is 1. The van der Waals surface area contributed by atoms with E-state index < -0.39 is 23.8 Å². The second kappa shape index (κ2) is 9.61. The zero-order valence-electron chi connectivity index (χ0n) is 13.7. The van der Waals surface area contributed by atoms with Crippen molar-refractivity contribution in [2.24, 2.45) is 5.92 Å². The van der Waals surface area contributed by atoms with Gasteiger partial charge in [0.1, 0.15) is 0 Å². The molecule has 23 heavy (non-hydrogen) atoms. The van der Waals surface area contributed by atoms with Crippen molar-refractivity contribution in [1.29, 1.82) is 0 Å². The monoisotopic (exact) mass is 322 g/mol. The number of esters is 3. The lowest BCUT2D eigenvalue weighted by molar-refractivity contribution is -0.161. The fourth-order valence-corrected chi connectivity index (χ4v) is 2.07. The first kappa shape index (κ1) is 18.7. The summed E-state index contributed by atoms with van der Waals surface area (Å²) < 4.78 is 14.9. The Balaban J connectivity index is 3.05. The second-order valence-electron chi connectivity index (χ2n) is 4.64. The summed E-state index contributed by atoms with van der Waals surface area (Å²) in [6, 6.07) is 6.70. The molecule has 0 aromatic heterocycles. The van der Waals surface area contributed by atoms with Crippen molar-refractivity contribution >= 4 is 17.9 Å². The molecule has 0 aliphatic rings. The van der Waals surface area contributed by atoms with Gasteiger partial charge in [0.25, 0.3) is 0 Å². The van der Waals surface area contributed by atoms with Crippen molar-refractivity contribution in [3.05, 3.63) is 35.4 Å². The Bertz CT molecular complexity index is 534. The lowest BCUT2D eigenvalue weighted by Gasteiger charge is -2.16. The Morgan fingerprint density at radius 2 is 1.39 bits per heavy atom. The molecule has 6 nitrogen and oxygen atoms in total. The molecule has 0 aliphatic heterocycles. The Hall–Kier alpha value is -2.37. The van der Waals surface area contributed by atoms with Crippen molar-refractivity contribution in [3.63, 3.8) is 0 Å². The van der Waals surface area contributed by atoms with Crippen LogP contribution in [0.15, 0.2) is 24.3 Å². The molecule has 0 saturated heterocycles. The van der Waals surface area contributed by atoms with E-state index in [2.05, 4.69) is 0 Å². The maximum absolute atomic E-state index is 12.0. The SMILES string of the molecule is CCOC(=O)c1ccccc1CC(C(=O)OCC)C(=O)OCC. The van der Waals surface area contributed by atoms with Crippen LogP contribution < -0.4 is 0 Å². The molecule has 0 spiro atoms. The number of hydrogen-bond acceptors (Lipinski definition) is 6. The van der Waals surface area contributed by atoms with Gasteiger partial charge in [0.15, 0.2) is 5.92 Å². The molecule has 6 heteroatoms. The molecule has 1 rings (SSSR count). The highest BCUT2D eigenvalue weighted by Crippen LogP contribution is 2.18. The molecule has 0 radical (unpaired) electrons. The molecular weight excluding hydrogens is 300 g/mol. The van der Waals surface area contributed by atoms with Crippen LogP contribution in [0, 0.1) is 5.92 Å². The zero-order valence-corrected chi connectivity index (χ0v) is 13.7. The first-order valence-corrected chi connectivity index (χ1v) is 7.63. The van der Waals surface area contributed by atoms with Crippen LogP contribution in [0.5, 0.6) is 0 Å². The third-order valence-corrected chi connectivity index (χ3v) is 3.08. The van der Waals surface area contributed by atoms with Crippen LogP contribution in [-0.4, -0.2) is 37.7 Å². The van der Waals surface area contributed by atoms with Gasteiger partial charge in [-0.3, -0.25) is 9.59 Å². The van der Waals surface area contributed by atoms with Crippen LogP contribution in [-0.2, 0) is 30.2 Å². The fourth-order valence-electron chi connectivity index (χ4n) is 2.07. The minimum Gasteiger partial charge on any atom is -0.465 e. The van der Waals surface area contributed by atoms with E-state index in [0.717, 1.165) is 0 Å². The van der Waals surface area contributed by atoms with Crippen molar-refractivity contribution in [2.45, 2.75) is 27.2 Å².